The zero-order chi connectivity index (χ0) is 10.9. The van der Waals surface area contributed by atoms with Crippen molar-refractivity contribution in [2.24, 2.45) is 12.5 Å². The number of aromatic nitrogens is 2. The molecule has 2 rings (SSSR count). The number of hydrogen-bond acceptors (Lipinski definition) is 3. The predicted octanol–water partition coefficient (Wildman–Crippen LogP) is 0.992. The van der Waals surface area contributed by atoms with E-state index in [4.69, 9.17) is 0 Å². The Morgan fingerprint density at radius 3 is 2.73 bits per heavy atom. The Bertz CT molecular complexity index is 364. The molecule has 4 nitrogen and oxygen atoms in total. The first-order valence-corrected chi connectivity index (χ1v) is 5.37. The molecule has 1 aromatic rings. The quantitative estimate of drug-likeness (QED) is 0.736. The van der Waals surface area contributed by atoms with E-state index >= 15 is 0 Å². The third kappa shape index (κ3) is 1.95. The van der Waals surface area contributed by atoms with Crippen LogP contribution in [0, 0.1) is 5.41 Å². The summed E-state index contributed by atoms with van der Waals surface area (Å²) in [5, 5.41) is 7.45. The van der Waals surface area contributed by atoms with Gasteiger partial charge in [-0.15, -0.1) is 0 Å². The standard InChI is InChI=1S/C11H17N3O/c1-11(4-6-12-7-5-11)10(15)9-3-8-14(2)13-9/h3,8,12H,4-7H2,1-2H3. The van der Waals surface area contributed by atoms with Gasteiger partial charge >= 0.3 is 0 Å². The highest BCUT2D eigenvalue weighted by atomic mass is 16.1. The van der Waals surface area contributed by atoms with Crippen LogP contribution in [0.25, 0.3) is 0 Å². The van der Waals surface area contributed by atoms with Crippen molar-refractivity contribution in [2.45, 2.75) is 19.8 Å². The Balaban J connectivity index is 2.19. The van der Waals surface area contributed by atoms with E-state index in [9.17, 15) is 4.79 Å². The van der Waals surface area contributed by atoms with Gasteiger partial charge in [-0.1, -0.05) is 6.92 Å². The van der Waals surface area contributed by atoms with Crippen LogP contribution in [0.2, 0.25) is 0 Å². The number of carbonyl (C=O) groups excluding carboxylic acids is 1. The van der Waals surface area contributed by atoms with Crippen molar-refractivity contribution in [1.29, 1.82) is 0 Å². The van der Waals surface area contributed by atoms with Crippen molar-refractivity contribution >= 4 is 5.78 Å². The number of hydrogen-bond donors (Lipinski definition) is 1. The van der Waals surface area contributed by atoms with Crippen LogP contribution >= 0.6 is 0 Å². The second-order valence-corrected chi connectivity index (χ2v) is 4.51. The van der Waals surface area contributed by atoms with Gasteiger partial charge in [0.2, 0.25) is 0 Å². The molecule has 0 aromatic carbocycles. The molecule has 0 unspecified atom stereocenters. The van der Waals surface area contributed by atoms with Crippen LogP contribution in [-0.4, -0.2) is 28.7 Å². The predicted molar refractivity (Wildman–Crippen MR) is 57.7 cm³/mol. The van der Waals surface area contributed by atoms with Crippen LogP contribution in [0.3, 0.4) is 0 Å². The van der Waals surface area contributed by atoms with E-state index in [2.05, 4.69) is 10.4 Å². The van der Waals surface area contributed by atoms with Gasteiger partial charge in [0.05, 0.1) is 0 Å². The maximum absolute atomic E-state index is 12.2. The molecule has 4 heteroatoms. The van der Waals surface area contributed by atoms with Crippen molar-refractivity contribution in [3.63, 3.8) is 0 Å². The number of carbonyl (C=O) groups is 1. The summed E-state index contributed by atoms with van der Waals surface area (Å²) >= 11 is 0. The van der Waals surface area contributed by atoms with E-state index in [1.807, 2.05) is 20.2 Å². The minimum atomic E-state index is -0.223. The molecule has 0 atom stereocenters. The number of piperidine rings is 1. The van der Waals surface area contributed by atoms with Crippen molar-refractivity contribution in [3.05, 3.63) is 18.0 Å². The second kappa shape index (κ2) is 3.77. The lowest BCUT2D eigenvalue weighted by atomic mass is 9.76. The highest BCUT2D eigenvalue weighted by Crippen LogP contribution is 2.31. The van der Waals surface area contributed by atoms with Crippen LogP contribution in [-0.2, 0) is 7.05 Å². The van der Waals surface area contributed by atoms with Crippen LogP contribution in [0.5, 0.6) is 0 Å². The topological polar surface area (TPSA) is 46.9 Å². The van der Waals surface area contributed by atoms with E-state index in [1.165, 1.54) is 0 Å². The van der Waals surface area contributed by atoms with Crippen LogP contribution < -0.4 is 5.32 Å². The van der Waals surface area contributed by atoms with Gasteiger partial charge in [-0.3, -0.25) is 9.48 Å². The largest absolute Gasteiger partial charge is 0.317 e. The zero-order valence-corrected chi connectivity index (χ0v) is 9.29. The molecule has 0 spiro atoms. The molecule has 0 saturated carbocycles. The lowest BCUT2D eigenvalue weighted by Crippen LogP contribution is -2.40. The summed E-state index contributed by atoms with van der Waals surface area (Å²) in [6.07, 6.45) is 3.63. The Kier molecular flexibility index (Phi) is 2.61. The Morgan fingerprint density at radius 2 is 2.20 bits per heavy atom. The van der Waals surface area contributed by atoms with Gasteiger partial charge < -0.3 is 5.32 Å². The summed E-state index contributed by atoms with van der Waals surface area (Å²) in [4.78, 5) is 12.2. The van der Waals surface area contributed by atoms with Gasteiger partial charge in [-0.2, -0.15) is 5.10 Å². The molecule has 0 amide bonds. The molecule has 0 radical (unpaired) electrons. The molecule has 15 heavy (non-hydrogen) atoms. The first kappa shape index (κ1) is 10.4. The fourth-order valence-electron chi connectivity index (χ4n) is 2.05. The molecule has 1 aliphatic heterocycles. The number of Topliss-reactive ketones (excluding diaryl/α,β-unsaturated/α-hetero) is 1. The van der Waals surface area contributed by atoms with Crippen molar-refractivity contribution < 1.29 is 4.79 Å². The molecule has 0 aliphatic carbocycles. The summed E-state index contributed by atoms with van der Waals surface area (Å²) < 4.78 is 1.68. The van der Waals surface area contributed by atoms with Gasteiger partial charge in [0.1, 0.15) is 5.69 Å². The maximum atomic E-state index is 12.2. The van der Waals surface area contributed by atoms with Crippen molar-refractivity contribution in [1.82, 2.24) is 15.1 Å². The average molecular weight is 207 g/mol. The molecule has 1 fully saturated rings. The fraction of sp³-hybridized carbons (Fsp3) is 0.636. The second-order valence-electron chi connectivity index (χ2n) is 4.51. The molecule has 1 saturated heterocycles. The molecular weight excluding hydrogens is 190 g/mol. The first-order chi connectivity index (χ1) is 7.12. The van der Waals surface area contributed by atoms with Crippen LogP contribution in [0.15, 0.2) is 12.3 Å². The van der Waals surface area contributed by atoms with Gasteiger partial charge in [-0.05, 0) is 32.0 Å². The van der Waals surface area contributed by atoms with E-state index in [0.717, 1.165) is 25.9 Å². The van der Waals surface area contributed by atoms with Gasteiger partial charge in [0.15, 0.2) is 5.78 Å². The fourth-order valence-corrected chi connectivity index (χ4v) is 2.05. The minimum absolute atomic E-state index is 0.185. The van der Waals surface area contributed by atoms with Gasteiger partial charge in [-0.25, -0.2) is 0 Å². The molecule has 1 aromatic heterocycles. The van der Waals surface area contributed by atoms with Gasteiger partial charge in [0, 0.05) is 18.7 Å². The number of nitrogens with zero attached hydrogens (tertiary/aromatic N) is 2. The third-order valence-electron chi connectivity index (χ3n) is 3.20. The number of rotatable bonds is 2. The minimum Gasteiger partial charge on any atom is -0.317 e. The summed E-state index contributed by atoms with van der Waals surface area (Å²) in [6, 6.07) is 1.80. The Morgan fingerprint density at radius 1 is 1.53 bits per heavy atom. The lowest BCUT2D eigenvalue weighted by Gasteiger charge is -2.31. The van der Waals surface area contributed by atoms with E-state index in [-0.39, 0.29) is 11.2 Å². The molecular formula is C11H17N3O. The number of ketones is 1. The van der Waals surface area contributed by atoms with E-state index in [0.29, 0.717) is 5.69 Å². The van der Waals surface area contributed by atoms with Gasteiger partial charge in [0.25, 0.3) is 0 Å². The average Bonchev–Trinajstić information content (AvgIpc) is 2.65. The van der Waals surface area contributed by atoms with Crippen molar-refractivity contribution in [2.75, 3.05) is 13.1 Å². The van der Waals surface area contributed by atoms with Crippen LogP contribution in [0.1, 0.15) is 30.3 Å². The Hall–Kier alpha value is -1.16. The molecule has 1 N–H and O–H groups in total. The molecule has 1 aliphatic rings. The molecule has 2 heterocycles. The SMILES string of the molecule is Cn1ccc(C(=O)C2(C)CCNCC2)n1. The summed E-state index contributed by atoms with van der Waals surface area (Å²) in [7, 11) is 1.83. The highest BCUT2D eigenvalue weighted by molar-refractivity contribution is 5.98. The van der Waals surface area contributed by atoms with Crippen LogP contribution in [0.4, 0.5) is 0 Å². The highest BCUT2D eigenvalue weighted by Gasteiger charge is 2.36. The van der Waals surface area contributed by atoms with E-state index < -0.39 is 0 Å². The molecule has 0 bridgehead atoms. The lowest BCUT2D eigenvalue weighted by molar-refractivity contribution is 0.0756. The molecule has 82 valence electrons. The zero-order valence-electron chi connectivity index (χ0n) is 9.29. The third-order valence-corrected chi connectivity index (χ3v) is 3.20. The summed E-state index contributed by atoms with van der Waals surface area (Å²) in [6.45, 7) is 3.90. The first-order valence-electron chi connectivity index (χ1n) is 5.37. The maximum Gasteiger partial charge on any atom is 0.188 e. The summed E-state index contributed by atoms with van der Waals surface area (Å²) in [5.74, 6) is 0.185. The number of nitrogens with one attached hydrogen (secondary N) is 1. The smallest absolute Gasteiger partial charge is 0.188 e. The summed E-state index contributed by atoms with van der Waals surface area (Å²) in [5.41, 5.74) is 0.376. The normalized spacial score (nSPS) is 20.1. The van der Waals surface area contributed by atoms with Crippen molar-refractivity contribution in [3.8, 4) is 0 Å². The monoisotopic (exact) mass is 207 g/mol. The number of aryl methyl sites for hydroxylation is 1. The Labute approximate surface area is 89.7 Å². The van der Waals surface area contributed by atoms with E-state index in [1.54, 1.807) is 10.7 Å².